The molecule has 1 aromatic rings. The molecule has 0 atom stereocenters. The van der Waals surface area contributed by atoms with E-state index in [1.165, 1.54) is 0 Å². The molecule has 1 fully saturated rings. The number of nitrogens with one attached hydrogen (secondary N) is 1. The minimum absolute atomic E-state index is 0.0798. The molecule has 2 rings (SSSR count). The van der Waals surface area contributed by atoms with Crippen molar-refractivity contribution < 1.29 is 9.84 Å². The maximum Gasteiger partial charge on any atom is 0.226 e. The van der Waals surface area contributed by atoms with Crippen LogP contribution in [-0.4, -0.2) is 33.3 Å². The van der Waals surface area contributed by atoms with E-state index in [0.717, 1.165) is 31.4 Å². The van der Waals surface area contributed by atoms with Crippen molar-refractivity contribution in [3.63, 3.8) is 0 Å². The third-order valence-electron chi connectivity index (χ3n) is 3.97. The Balaban J connectivity index is 1.97. The second-order valence-electron chi connectivity index (χ2n) is 6.60. The summed E-state index contributed by atoms with van der Waals surface area (Å²) in [4.78, 5) is 8.71. The molecule has 0 aromatic carbocycles. The van der Waals surface area contributed by atoms with Crippen LogP contribution in [0.15, 0.2) is 6.07 Å². The molecule has 2 N–H and O–H groups in total. The number of rotatable bonds is 5. The number of aromatic nitrogens is 2. The van der Waals surface area contributed by atoms with Crippen LogP contribution in [0.1, 0.15) is 52.1 Å². The van der Waals surface area contributed by atoms with Gasteiger partial charge in [-0.3, -0.25) is 0 Å². The van der Waals surface area contributed by atoms with E-state index in [0.29, 0.717) is 24.3 Å². The van der Waals surface area contributed by atoms with Gasteiger partial charge in [0.05, 0.1) is 11.7 Å². The summed E-state index contributed by atoms with van der Waals surface area (Å²) in [7, 11) is 0. The number of anilines is 1. The molecular formula is C16H27N3O2. The molecule has 0 saturated heterocycles. The van der Waals surface area contributed by atoms with Gasteiger partial charge in [-0.1, -0.05) is 6.92 Å². The van der Waals surface area contributed by atoms with Crippen molar-refractivity contribution in [1.29, 1.82) is 0 Å². The lowest BCUT2D eigenvalue weighted by Crippen LogP contribution is -2.40. The van der Waals surface area contributed by atoms with Crippen LogP contribution in [0.3, 0.4) is 0 Å². The molecule has 1 aliphatic rings. The first-order valence-electron chi connectivity index (χ1n) is 7.85. The van der Waals surface area contributed by atoms with Gasteiger partial charge in [0, 0.05) is 18.3 Å². The van der Waals surface area contributed by atoms with Crippen molar-refractivity contribution in [2.75, 3.05) is 11.9 Å². The van der Waals surface area contributed by atoms with Crippen LogP contribution in [-0.2, 0) is 0 Å². The van der Waals surface area contributed by atoms with E-state index < -0.39 is 5.60 Å². The Morgan fingerprint density at radius 3 is 2.67 bits per heavy atom. The average molecular weight is 293 g/mol. The molecule has 0 bridgehead atoms. The summed E-state index contributed by atoms with van der Waals surface area (Å²) in [6.07, 6.45) is 3.91. The third kappa shape index (κ3) is 4.84. The molecule has 5 heteroatoms. The SMILES string of the molecule is Cc1cc(OC(C)C)nc(NCC2(O)CCC(C)CC2)n1. The Bertz CT molecular complexity index is 469. The van der Waals surface area contributed by atoms with Gasteiger partial charge in [0.25, 0.3) is 0 Å². The highest BCUT2D eigenvalue weighted by molar-refractivity contribution is 5.31. The molecule has 1 aromatic heterocycles. The lowest BCUT2D eigenvalue weighted by atomic mass is 9.79. The van der Waals surface area contributed by atoms with E-state index >= 15 is 0 Å². The largest absolute Gasteiger partial charge is 0.475 e. The Kier molecular flexibility index (Phi) is 5.04. The first-order valence-corrected chi connectivity index (χ1v) is 7.85. The summed E-state index contributed by atoms with van der Waals surface area (Å²) in [6.45, 7) is 8.58. The van der Waals surface area contributed by atoms with E-state index in [1.807, 2.05) is 26.8 Å². The molecule has 1 heterocycles. The van der Waals surface area contributed by atoms with Gasteiger partial charge in [-0.15, -0.1) is 0 Å². The number of hydrogen-bond acceptors (Lipinski definition) is 5. The van der Waals surface area contributed by atoms with E-state index in [1.54, 1.807) is 0 Å². The quantitative estimate of drug-likeness (QED) is 0.873. The molecule has 1 aliphatic carbocycles. The standard InChI is InChI=1S/C16H27N3O2/c1-11(2)21-14-9-13(4)18-15(19-14)17-10-16(20)7-5-12(3)6-8-16/h9,11-12,20H,5-8,10H2,1-4H3,(H,17,18,19). The van der Waals surface area contributed by atoms with E-state index in [4.69, 9.17) is 4.74 Å². The summed E-state index contributed by atoms with van der Waals surface area (Å²) in [6, 6.07) is 1.82. The van der Waals surface area contributed by atoms with Crippen molar-refractivity contribution in [1.82, 2.24) is 9.97 Å². The summed E-state index contributed by atoms with van der Waals surface area (Å²) in [5, 5.41) is 13.8. The molecule has 118 valence electrons. The molecule has 0 aliphatic heterocycles. The molecule has 0 amide bonds. The van der Waals surface area contributed by atoms with Gasteiger partial charge >= 0.3 is 0 Å². The molecule has 21 heavy (non-hydrogen) atoms. The van der Waals surface area contributed by atoms with Crippen LogP contribution >= 0.6 is 0 Å². The maximum absolute atomic E-state index is 10.6. The highest BCUT2D eigenvalue weighted by Crippen LogP contribution is 2.31. The minimum atomic E-state index is -0.640. The smallest absolute Gasteiger partial charge is 0.226 e. The lowest BCUT2D eigenvalue weighted by Gasteiger charge is -2.34. The van der Waals surface area contributed by atoms with Crippen molar-refractivity contribution in [3.8, 4) is 5.88 Å². The van der Waals surface area contributed by atoms with Crippen LogP contribution in [0.2, 0.25) is 0 Å². The molecule has 0 spiro atoms. The van der Waals surface area contributed by atoms with Gasteiger partial charge in [0.15, 0.2) is 0 Å². The summed E-state index contributed by atoms with van der Waals surface area (Å²) in [5.74, 6) is 1.81. The van der Waals surface area contributed by atoms with E-state index in [9.17, 15) is 5.11 Å². The fraction of sp³-hybridized carbons (Fsp3) is 0.750. The summed E-state index contributed by atoms with van der Waals surface area (Å²) < 4.78 is 5.61. The molecule has 1 saturated carbocycles. The van der Waals surface area contributed by atoms with Crippen LogP contribution in [0.5, 0.6) is 5.88 Å². The monoisotopic (exact) mass is 293 g/mol. The van der Waals surface area contributed by atoms with Crippen molar-refractivity contribution in [3.05, 3.63) is 11.8 Å². The Morgan fingerprint density at radius 1 is 1.38 bits per heavy atom. The van der Waals surface area contributed by atoms with E-state index in [2.05, 4.69) is 22.2 Å². The maximum atomic E-state index is 10.6. The predicted octanol–water partition coefficient (Wildman–Crippen LogP) is 2.93. The molecule has 0 unspecified atom stereocenters. The van der Waals surface area contributed by atoms with Crippen molar-refractivity contribution in [2.24, 2.45) is 5.92 Å². The lowest BCUT2D eigenvalue weighted by molar-refractivity contribution is 0.00485. The molecule has 5 nitrogen and oxygen atoms in total. The summed E-state index contributed by atoms with van der Waals surface area (Å²) >= 11 is 0. The molecule has 0 radical (unpaired) electrons. The van der Waals surface area contributed by atoms with Gasteiger partial charge in [0.2, 0.25) is 11.8 Å². The second kappa shape index (κ2) is 6.60. The zero-order chi connectivity index (χ0) is 15.5. The average Bonchev–Trinajstić information content (AvgIpc) is 2.39. The van der Waals surface area contributed by atoms with E-state index in [-0.39, 0.29) is 6.10 Å². The van der Waals surface area contributed by atoms with Gasteiger partial charge < -0.3 is 15.2 Å². The normalized spacial score (nSPS) is 25.9. The minimum Gasteiger partial charge on any atom is -0.475 e. The second-order valence-corrected chi connectivity index (χ2v) is 6.60. The zero-order valence-corrected chi connectivity index (χ0v) is 13.5. The summed E-state index contributed by atoms with van der Waals surface area (Å²) in [5.41, 5.74) is 0.214. The van der Waals surface area contributed by atoms with Gasteiger partial charge in [0.1, 0.15) is 0 Å². The van der Waals surface area contributed by atoms with Crippen LogP contribution < -0.4 is 10.1 Å². The van der Waals surface area contributed by atoms with Crippen LogP contribution in [0.25, 0.3) is 0 Å². The van der Waals surface area contributed by atoms with Crippen molar-refractivity contribution >= 4 is 5.95 Å². The van der Waals surface area contributed by atoms with Gasteiger partial charge in [-0.05, 0) is 52.4 Å². The Morgan fingerprint density at radius 2 is 2.05 bits per heavy atom. The van der Waals surface area contributed by atoms with Crippen molar-refractivity contribution in [2.45, 2.75) is 65.1 Å². The Hall–Kier alpha value is -1.36. The predicted molar refractivity (Wildman–Crippen MR) is 83.6 cm³/mol. The highest BCUT2D eigenvalue weighted by Gasteiger charge is 2.31. The number of nitrogens with zero attached hydrogens (tertiary/aromatic N) is 2. The topological polar surface area (TPSA) is 67.3 Å². The third-order valence-corrected chi connectivity index (χ3v) is 3.97. The first kappa shape index (κ1) is 16.0. The molecular weight excluding hydrogens is 266 g/mol. The number of aryl methyl sites for hydroxylation is 1. The highest BCUT2D eigenvalue weighted by atomic mass is 16.5. The number of ether oxygens (including phenoxy) is 1. The van der Waals surface area contributed by atoms with Crippen LogP contribution in [0.4, 0.5) is 5.95 Å². The number of hydrogen-bond donors (Lipinski definition) is 2. The fourth-order valence-corrected chi connectivity index (χ4v) is 2.64. The zero-order valence-electron chi connectivity index (χ0n) is 13.5. The van der Waals surface area contributed by atoms with Crippen LogP contribution in [0, 0.1) is 12.8 Å². The fourth-order valence-electron chi connectivity index (χ4n) is 2.64. The van der Waals surface area contributed by atoms with Gasteiger partial charge in [-0.25, -0.2) is 4.98 Å². The number of aliphatic hydroxyl groups is 1. The first-order chi connectivity index (χ1) is 9.86. The van der Waals surface area contributed by atoms with Gasteiger partial charge in [-0.2, -0.15) is 4.98 Å². The Labute approximate surface area is 127 Å².